The molecule has 0 amide bonds. The maximum atomic E-state index is 12.7. The number of carbonyl (C=O) groups is 2. The number of hydrogen-bond donors (Lipinski definition) is 2. The molecule has 4 aliphatic carbocycles. The summed E-state index contributed by atoms with van der Waals surface area (Å²) in [6.07, 6.45) is 11.3. The summed E-state index contributed by atoms with van der Waals surface area (Å²) in [6, 6.07) is 0. The number of allylic oxidation sites excluding steroid dienone is 4. The van der Waals surface area contributed by atoms with E-state index in [0.29, 0.717) is 18.3 Å². The van der Waals surface area contributed by atoms with E-state index in [1.54, 1.807) is 5.57 Å². The Balaban J connectivity index is 1.58. The van der Waals surface area contributed by atoms with Crippen molar-refractivity contribution >= 4 is 11.8 Å². The normalized spacial score (nSPS) is 41.3. The number of ketones is 1. The molecule has 4 heteroatoms. The van der Waals surface area contributed by atoms with Crippen molar-refractivity contribution in [1.82, 2.24) is 0 Å². The van der Waals surface area contributed by atoms with Crippen molar-refractivity contribution in [2.45, 2.75) is 99.0 Å². The minimum atomic E-state index is -1.09. The van der Waals surface area contributed by atoms with Crippen LogP contribution < -0.4 is 0 Å². The van der Waals surface area contributed by atoms with Gasteiger partial charge in [0.2, 0.25) is 0 Å². The Morgan fingerprint density at radius 2 is 1.79 bits per heavy atom. The van der Waals surface area contributed by atoms with Crippen LogP contribution in [0.1, 0.15) is 92.9 Å². The van der Waals surface area contributed by atoms with Gasteiger partial charge in [-0.1, -0.05) is 60.3 Å². The molecule has 0 saturated heterocycles. The summed E-state index contributed by atoms with van der Waals surface area (Å²) in [6.45, 7) is 17.5. The monoisotopic (exact) mass is 468 g/mol. The van der Waals surface area contributed by atoms with Crippen LogP contribution in [0.3, 0.4) is 0 Å². The smallest absolute Gasteiger partial charge is 0.331 e. The third-order valence-electron chi connectivity index (χ3n) is 11.4. The molecule has 34 heavy (non-hydrogen) atoms. The van der Waals surface area contributed by atoms with E-state index in [0.717, 1.165) is 38.5 Å². The molecule has 4 rings (SSSR count). The third-order valence-corrected chi connectivity index (χ3v) is 11.4. The fraction of sp³-hybridized carbons (Fsp3) is 0.733. The molecule has 4 aliphatic rings. The Hall–Kier alpha value is -1.68. The van der Waals surface area contributed by atoms with Crippen LogP contribution in [0.4, 0.5) is 0 Å². The molecule has 0 aromatic carbocycles. The first-order valence-electron chi connectivity index (χ1n) is 13.2. The van der Waals surface area contributed by atoms with Crippen LogP contribution in [-0.4, -0.2) is 28.1 Å². The van der Waals surface area contributed by atoms with Crippen molar-refractivity contribution in [1.29, 1.82) is 0 Å². The van der Waals surface area contributed by atoms with Crippen LogP contribution in [0, 0.1) is 39.4 Å². The SMILES string of the molecule is C=C(CC(=O)CC(C)C1(C)CC=C2C3=CCC4C(C)(C)C(O)CCC4(C)C3CCC21C)C(=O)O. The van der Waals surface area contributed by atoms with Gasteiger partial charge in [-0.2, -0.15) is 0 Å². The van der Waals surface area contributed by atoms with E-state index in [1.807, 2.05) is 0 Å². The molecule has 7 atom stereocenters. The highest BCUT2D eigenvalue weighted by molar-refractivity contribution is 5.94. The van der Waals surface area contributed by atoms with Gasteiger partial charge in [-0.25, -0.2) is 4.79 Å². The topological polar surface area (TPSA) is 74.6 Å². The highest BCUT2D eigenvalue weighted by Crippen LogP contribution is 2.70. The van der Waals surface area contributed by atoms with Gasteiger partial charge < -0.3 is 10.2 Å². The van der Waals surface area contributed by atoms with Gasteiger partial charge in [0, 0.05) is 18.4 Å². The van der Waals surface area contributed by atoms with E-state index in [4.69, 9.17) is 5.11 Å². The summed E-state index contributed by atoms with van der Waals surface area (Å²) >= 11 is 0. The van der Waals surface area contributed by atoms with Gasteiger partial charge in [-0.15, -0.1) is 0 Å². The lowest BCUT2D eigenvalue weighted by Crippen LogP contribution is -2.56. The van der Waals surface area contributed by atoms with Crippen LogP contribution in [0.25, 0.3) is 0 Å². The highest BCUT2D eigenvalue weighted by Gasteiger charge is 2.61. The van der Waals surface area contributed by atoms with Gasteiger partial charge in [0.15, 0.2) is 0 Å². The second-order valence-corrected chi connectivity index (χ2v) is 13.2. The van der Waals surface area contributed by atoms with Crippen molar-refractivity contribution in [2.75, 3.05) is 0 Å². The predicted octanol–water partition coefficient (Wildman–Crippen LogP) is 6.50. The van der Waals surface area contributed by atoms with Crippen molar-refractivity contribution in [3.63, 3.8) is 0 Å². The predicted molar refractivity (Wildman–Crippen MR) is 135 cm³/mol. The zero-order chi connectivity index (χ0) is 25.3. The quantitative estimate of drug-likeness (QED) is 0.436. The van der Waals surface area contributed by atoms with Crippen LogP contribution in [-0.2, 0) is 9.59 Å². The van der Waals surface area contributed by atoms with Gasteiger partial charge in [0.05, 0.1) is 6.10 Å². The largest absolute Gasteiger partial charge is 0.478 e. The Morgan fingerprint density at radius 3 is 2.44 bits per heavy atom. The Labute approximate surface area is 205 Å². The maximum absolute atomic E-state index is 12.7. The number of rotatable bonds is 6. The lowest BCUT2D eigenvalue weighted by Gasteiger charge is -2.62. The van der Waals surface area contributed by atoms with E-state index in [9.17, 15) is 14.7 Å². The number of hydrogen-bond acceptors (Lipinski definition) is 3. The van der Waals surface area contributed by atoms with Crippen LogP contribution >= 0.6 is 0 Å². The molecule has 0 heterocycles. The Morgan fingerprint density at radius 1 is 1.12 bits per heavy atom. The molecule has 188 valence electrons. The van der Waals surface area contributed by atoms with Gasteiger partial charge in [-0.05, 0) is 89.1 Å². The maximum Gasteiger partial charge on any atom is 0.331 e. The standard InChI is InChI=1S/C30H44O4/c1-18(26(33)34)16-20(31)17-19(2)29(6)14-11-23-21-8-9-24-27(3,4)25(32)12-13-28(24,5)22(21)10-15-30(23,29)7/h8,11,19,22,24-25,32H,1,9-10,12-17H2,2-7H3,(H,33,34). The van der Waals surface area contributed by atoms with Crippen LogP contribution in [0.15, 0.2) is 35.5 Å². The van der Waals surface area contributed by atoms with Crippen molar-refractivity contribution in [3.8, 4) is 0 Å². The van der Waals surface area contributed by atoms with E-state index in [2.05, 4.69) is 60.3 Å². The number of Topliss-reactive ketones (excluding diaryl/α,β-unsaturated/α-hetero) is 1. The molecular weight excluding hydrogens is 424 g/mol. The molecule has 2 saturated carbocycles. The summed E-state index contributed by atoms with van der Waals surface area (Å²) in [4.78, 5) is 23.8. The average molecular weight is 469 g/mol. The molecule has 2 fully saturated rings. The Kier molecular flexibility index (Phi) is 6.12. The first kappa shape index (κ1) is 25.4. The molecule has 0 aromatic heterocycles. The minimum Gasteiger partial charge on any atom is -0.478 e. The van der Waals surface area contributed by atoms with Crippen molar-refractivity contribution < 1.29 is 19.8 Å². The molecular formula is C30H44O4. The number of aliphatic hydroxyl groups is 1. The summed E-state index contributed by atoms with van der Waals surface area (Å²) in [5, 5.41) is 19.9. The molecule has 0 spiro atoms. The molecule has 2 N–H and O–H groups in total. The fourth-order valence-corrected chi connectivity index (χ4v) is 8.65. The van der Waals surface area contributed by atoms with Crippen LogP contribution in [0.2, 0.25) is 0 Å². The molecule has 0 aliphatic heterocycles. The molecule has 0 aromatic rings. The van der Waals surface area contributed by atoms with E-state index in [-0.39, 0.29) is 51.5 Å². The van der Waals surface area contributed by atoms with E-state index < -0.39 is 5.97 Å². The molecule has 4 nitrogen and oxygen atoms in total. The fourth-order valence-electron chi connectivity index (χ4n) is 8.65. The van der Waals surface area contributed by atoms with Crippen molar-refractivity contribution in [2.24, 2.45) is 39.4 Å². The second-order valence-electron chi connectivity index (χ2n) is 13.2. The lowest BCUT2D eigenvalue weighted by molar-refractivity contribution is -0.134. The first-order valence-corrected chi connectivity index (χ1v) is 13.2. The summed E-state index contributed by atoms with van der Waals surface area (Å²) in [5.74, 6) is 0.0803. The van der Waals surface area contributed by atoms with Gasteiger partial charge in [-0.3, -0.25) is 4.79 Å². The van der Waals surface area contributed by atoms with Gasteiger partial charge in [0.1, 0.15) is 5.78 Å². The highest BCUT2D eigenvalue weighted by atomic mass is 16.4. The lowest BCUT2D eigenvalue weighted by atomic mass is 9.43. The van der Waals surface area contributed by atoms with Gasteiger partial charge in [0.25, 0.3) is 0 Å². The Bertz CT molecular complexity index is 970. The number of fused-ring (bicyclic) bond motifs is 5. The van der Waals surface area contributed by atoms with Crippen LogP contribution in [0.5, 0.6) is 0 Å². The minimum absolute atomic E-state index is 0.0185. The average Bonchev–Trinajstić information content (AvgIpc) is 3.03. The van der Waals surface area contributed by atoms with E-state index >= 15 is 0 Å². The second kappa shape index (κ2) is 8.18. The molecule has 0 bridgehead atoms. The zero-order valence-corrected chi connectivity index (χ0v) is 22.0. The summed E-state index contributed by atoms with van der Waals surface area (Å²) in [7, 11) is 0. The number of carboxylic acid groups (broad SMARTS) is 1. The number of aliphatic hydroxyl groups excluding tert-OH is 1. The first-order chi connectivity index (χ1) is 15.7. The molecule has 0 radical (unpaired) electrons. The number of carbonyl (C=O) groups excluding carboxylic acids is 1. The van der Waals surface area contributed by atoms with Crippen molar-refractivity contribution in [3.05, 3.63) is 35.5 Å². The van der Waals surface area contributed by atoms with E-state index in [1.165, 1.54) is 5.57 Å². The van der Waals surface area contributed by atoms with Gasteiger partial charge >= 0.3 is 5.97 Å². The molecule has 7 unspecified atom stereocenters. The number of aliphatic carboxylic acids is 1. The zero-order valence-electron chi connectivity index (χ0n) is 22.0. The summed E-state index contributed by atoms with van der Waals surface area (Å²) in [5.41, 5.74) is 3.16. The number of carboxylic acids is 1. The third kappa shape index (κ3) is 3.50. The summed E-state index contributed by atoms with van der Waals surface area (Å²) < 4.78 is 0.